The van der Waals surface area contributed by atoms with Gasteiger partial charge in [-0.1, -0.05) is 61.3 Å². The van der Waals surface area contributed by atoms with Gasteiger partial charge in [-0.2, -0.15) is 5.26 Å². The predicted molar refractivity (Wildman–Crippen MR) is 108 cm³/mol. The van der Waals surface area contributed by atoms with Gasteiger partial charge in [-0.15, -0.1) is 0 Å². The Bertz CT molecular complexity index is 944. The number of nitrogens with zero attached hydrogens (tertiary/aromatic N) is 1. The second-order valence-electron chi connectivity index (χ2n) is 7.25. The summed E-state index contributed by atoms with van der Waals surface area (Å²) in [7, 11) is 0. The van der Waals surface area contributed by atoms with Crippen LogP contribution in [0.2, 0.25) is 0 Å². The Hall–Kier alpha value is -2.48. The third kappa shape index (κ3) is 4.49. The lowest BCUT2D eigenvalue weighted by Gasteiger charge is -2.10. The van der Waals surface area contributed by atoms with E-state index in [0.29, 0.717) is 17.1 Å². The van der Waals surface area contributed by atoms with E-state index >= 15 is 0 Å². The number of carbonyl (C=O) groups excluding carboxylic acids is 1. The first-order valence-corrected chi connectivity index (χ1v) is 9.54. The highest BCUT2D eigenvalue weighted by molar-refractivity contribution is 6.55. The highest BCUT2D eigenvalue weighted by Crippen LogP contribution is 2.60. The largest absolute Gasteiger partial charge is 0.461 e. The van der Waals surface area contributed by atoms with Crippen LogP contribution in [0.4, 0.5) is 0 Å². The quantitative estimate of drug-likeness (QED) is 0.543. The minimum absolute atomic E-state index is 0.0389. The Morgan fingerprint density at radius 1 is 1.21 bits per heavy atom. The summed E-state index contributed by atoms with van der Waals surface area (Å²) in [6, 6.07) is 16.4. The number of rotatable bonds is 6. The van der Waals surface area contributed by atoms with Gasteiger partial charge in [0.15, 0.2) is 0 Å². The number of ether oxygens (including phenoxy) is 2. The number of esters is 1. The van der Waals surface area contributed by atoms with E-state index in [2.05, 4.69) is 6.07 Å². The third-order valence-corrected chi connectivity index (χ3v) is 5.24. The standard InChI is InChI=1S/C22H19Cl2NO3/c1-22(2)17(11-19(23)24)20(22)21(26)27-13-14-8-9-15(12-25)18(10-14)28-16-6-4-3-5-7-16/h3-11,17,20H,13H2,1-2H3. The average Bonchev–Trinajstić information content (AvgIpc) is 3.20. The Labute approximate surface area is 174 Å². The fourth-order valence-corrected chi connectivity index (χ4v) is 3.54. The summed E-state index contributed by atoms with van der Waals surface area (Å²) in [5, 5.41) is 9.30. The SMILES string of the molecule is CC1(C)C(C=C(Cl)Cl)C1C(=O)OCc1ccc(C#N)c(Oc2ccccc2)c1. The van der Waals surface area contributed by atoms with Crippen LogP contribution in [0, 0.1) is 28.6 Å². The van der Waals surface area contributed by atoms with Crippen molar-refractivity contribution >= 4 is 29.2 Å². The van der Waals surface area contributed by atoms with Gasteiger partial charge < -0.3 is 9.47 Å². The summed E-state index contributed by atoms with van der Waals surface area (Å²) >= 11 is 11.5. The molecule has 0 spiro atoms. The maximum absolute atomic E-state index is 12.5. The van der Waals surface area contributed by atoms with E-state index in [1.807, 2.05) is 32.0 Å². The lowest BCUT2D eigenvalue weighted by molar-refractivity contribution is -0.147. The van der Waals surface area contributed by atoms with Crippen molar-refractivity contribution in [3.8, 4) is 17.6 Å². The summed E-state index contributed by atoms with van der Waals surface area (Å²) in [5.74, 6) is 0.432. The zero-order valence-corrected chi connectivity index (χ0v) is 17.0. The summed E-state index contributed by atoms with van der Waals surface area (Å²) in [4.78, 5) is 12.5. The molecule has 6 heteroatoms. The van der Waals surface area contributed by atoms with Crippen molar-refractivity contribution < 1.29 is 14.3 Å². The van der Waals surface area contributed by atoms with E-state index in [1.165, 1.54) is 0 Å². The number of allylic oxidation sites excluding steroid dienone is 1. The molecule has 1 fully saturated rings. The van der Waals surface area contributed by atoms with Gasteiger partial charge in [-0.25, -0.2) is 0 Å². The van der Waals surface area contributed by atoms with Crippen molar-refractivity contribution in [2.45, 2.75) is 20.5 Å². The van der Waals surface area contributed by atoms with E-state index in [1.54, 1.807) is 36.4 Å². The van der Waals surface area contributed by atoms with E-state index in [0.717, 1.165) is 5.56 Å². The number of halogens is 2. The third-order valence-electron chi connectivity index (χ3n) is 4.99. The molecule has 2 aromatic carbocycles. The molecule has 0 bridgehead atoms. The summed E-state index contributed by atoms with van der Waals surface area (Å²) in [5.41, 5.74) is 0.904. The highest BCUT2D eigenvalue weighted by Gasteiger charge is 2.61. The lowest BCUT2D eigenvalue weighted by Crippen LogP contribution is -2.10. The molecular formula is C22H19Cl2NO3. The Morgan fingerprint density at radius 2 is 1.93 bits per heavy atom. The van der Waals surface area contributed by atoms with Crippen molar-refractivity contribution in [3.63, 3.8) is 0 Å². The number of benzene rings is 2. The predicted octanol–water partition coefficient (Wildman–Crippen LogP) is 5.98. The van der Waals surface area contributed by atoms with Crippen LogP contribution in [0.5, 0.6) is 11.5 Å². The Morgan fingerprint density at radius 3 is 2.57 bits per heavy atom. The number of hydrogen-bond donors (Lipinski definition) is 0. The first kappa shape index (κ1) is 20.3. The molecule has 28 heavy (non-hydrogen) atoms. The van der Waals surface area contributed by atoms with Gasteiger partial charge >= 0.3 is 5.97 Å². The molecule has 0 aromatic heterocycles. The summed E-state index contributed by atoms with van der Waals surface area (Å²) in [6.07, 6.45) is 1.68. The molecule has 0 radical (unpaired) electrons. The van der Waals surface area contributed by atoms with Crippen LogP contribution < -0.4 is 4.74 Å². The van der Waals surface area contributed by atoms with Crippen molar-refractivity contribution in [1.29, 1.82) is 5.26 Å². The maximum Gasteiger partial charge on any atom is 0.310 e. The van der Waals surface area contributed by atoms with Crippen LogP contribution in [-0.2, 0) is 16.1 Å². The first-order chi connectivity index (χ1) is 13.3. The van der Waals surface area contributed by atoms with E-state index in [9.17, 15) is 10.1 Å². The van der Waals surface area contributed by atoms with E-state index in [4.69, 9.17) is 32.7 Å². The molecule has 1 saturated carbocycles. The van der Waals surface area contributed by atoms with Crippen molar-refractivity contribution in [1.82, 2.24) is 0 Å². The first-order valence-electron chi connectivity index (χ1n) is 8.78. The fourth-order valence-electron chi connectivity index (χ4n) is 3.27. The minimum atomic E-state index is -0.296. The lowest BCUT2D eigenvalue weighted by atomic mass is 10.1. The van der Waals surface area contributed by atoms with Crippen LogP contribution in [0.3, 0.4) is 0 Å². The van der Waals surface area contributed by atoms with Crippen LogP contribution in [-0.4, -0.2) is 5.97 Å². The van der Waals surface area contributed by atoms with Crippen LogP contribution >= 0.6 is 23.2 Å². The summed E-state index contributed by atoms with van der Waals surface area (Å²) in [6.45, 7) is 4.04. The van der Waals surface area contributed by atoms with Gasteiger partial charge in [-0.05, 0) is 47.2 Å². The molecule has 1 aliphatic rings. The molecule has 0 amide bonds. The molecule has 4 nitrogen and oxygen atoms in total. The number of nitriles is 1. The van der Waals surface area contributed by atoms with Gasteiger partial charge in [-0.3, -0.25) is 4.79 Å². The molecule has 0 aliphatic heterocycles. The van der Waals surface area contributed by atoms with Crippen molar-refractivity contribution in [2.75, 3.05) is 0 Å². The molecule has 2 unspecified atom stereocenters. The molecule has 0 N–H and O–H groups in total. The topological polar surface area (TPSA) is 59.3 Å². The molecular weight excluding hydrogens is 397 g/mol. The smallest absolute Gasteiger partial charge is 0.310 e. The number of carbonyl (C=O) groups is 1. The van der Waals surface area contributed by atoms with Gasteiger partial charge in [0, 0.05) is 0 Å². The normalized spacial score (nSPS) is 19.2. The zero-order chi connectivity index (χ0) is 20.3. The second-order valence-corrected chi connectivity index (χ2v) is 8.25. The van der Waals surface area contributed by atoms with Crippen molar-refractivity contribution in [2.24, 2.45) is 17.3 Å². The van der Waals surface area contributed by atoms with Crippen LogP contribution in [0.25, 0.3) is 0 Å². The monoisotopic (exact) mass is 415 g/mol. The van der Waals surface area contributed by atoms with Gasteiger partial charge in [0.1, 0.15) is 28.7 Å². The van der Waals surface area contributed by atoms with E-state index in [-0.39, 0.29) is 34.3 Å². The zero-order valence-electron chi connectivity index (χ0n) is 15.5. The second kappa shape index (κ2) is 8.26. The number of hydrogen-bond acceptors (Lipinski definition) is 4. The average molecular weight is 416 g/mol. The van der Waals surface area contributed by atoms with Gasteiger partial charge in [0.25, 0.3) is 0 Å². The molecule has 1 aliphatic carbocycles. The molecule has 3 rings (SSSR count). The van der Waals surface area contributed by atoms with Gasteiger partial charge in [0.05, 0.1) is 11.5 Å². The molecule has 2 atom stereocenters. The highest BCUT2D eigenvalue weighted by atomic mass is 35.5. The van der Waals surface area contributed by atoms with Crippen molar-refractivity contribution in [3.05, 3.63) is 70.2 Å². The minimum Gasteiger partial charge on any atom is -0.461 e. The molecule has 0 heterocycles. The Balaban J connectivity index is 1.68. The maximum atomic E-state index is 12.5. The number of para-hydroxylation sites is 1. The fraction of sp³-hybridized carbons (Fsp3) is 0.273. The van der Waals surface area contributed by atoms with E-state index < -0.39 is 0 Å². The van der Waals surface area contributed by atoms with Gasteiger partial charge in [0.2, 0.25) is 0 Å². The Kier molecular flexibility index (Phi) is 5.98. The van der Waals surface area contributed by atoms with Crippen LogP contribution in [0.1, 0.15) is 25.0 Å². The summed E-state index contributed by atoms with van der Waals surface area (Å²) < 4.78 is 11.4. The molecule has 2 aromatic rings. The van der Waals surface area contributed by atoms with Crippen LogP contribution in [0.15, 0.2) is 59.1 Å². The molecule has 144 valence electrons. The molecule has 0 saturated heterocycles.